The Labute approximate surface area is 213 Å². The van der Waals surface area contributed by atoms with Gasteiger partial charge in [0.25, 0.3) is 5.91 Å². The first-order valence-corrected chi connectivity index (χ1v) is 12.9. The van der Waals surface area contributed by atoms with Gasteiger partial charge in [0.05, 0.1) is 12.6 Å². The summed E-state index contributed by atoms with van der Waals surface area (Å²) < 4.78 is 6.31. The molecule has 2 aromatic carbocycles. The van der Waals surface area contributed by atoms with Crippen molar-refractivity contribution in [2.75, 3.05) is 19.7 Å². The number of nitrogens with zero attached hydrogens (tertiary/aromatic N) is 2. The van der Waals surface area contributed by atoms with Crippen molar-refractivity contribution in [1.29, 1.82) is 0 Å². The minimum atomic E-state index is -0.911. The van der Waals surface area contributed by atoms with Crippen LogP contribution in [0.5, 0.6) is 0 Å². The Kier molecular flexibility index (Phi) is 7.79. The number of amides is 3. The van der Waals surface area contributed by atoms with E-state index in [-0.39, 0.29) is 36.3 Å². The molecule has 2 aliphatic rings. The lowest BCUT2D eigenvalue weighted by Crippen LogP contribution is -2.60. The minimum Gasteiger partial charge on any atom is -0.353 e. The number of aryl methyl sites for hydroxylation is 1. The first-order valence-electron chi connectivity index (χ1n) is 12.9. The molecule has 1 spiro atoms. The van der Waals surface area contributed by atoms with Gasteiger partial charge in [-0.15, -0.1) is 0 Å². The van der Waals surface area contributed by atoms with Gasteiger partial charge in [-0.25, -0.2) is 0 Å². The second-order valence-corrected chi connectivity index (χ2v) is 10.4. The smallest absolute Gasteiger partial charge is 0.257 e. The van der Waals surface area contributed by atoms with Crippen LogP contribution in [0.3, 0.4) is 0 Å². The number of nitrogens with one attached hydrogen (secondary N) is 1. The molecule has 192 valence electrons. The van der Waals surface area contributed by atoms with E-state index in [1.165, 1.54) is 0 Å². The molecule has 7 heteroatoms. The molecule has 1 N–H and O–H groups in total. The Balaban J connectivity index is 1.58. The fourth-order valence-corrected chi connectivity index (χ4v) is 5.23. The number of benzene rings is 2. The van der Waals surface area contributed by atoms with E-state index < -0.39 is 11.8 Å². The van der Waals surface area contributed by atoms with Gasteiger partial charge in [0, 0.05) is 37.9 Å². The summed E-state index contributed by atoms with van der Waals surface area (Å²) in [4.78, 5) is 43.7. The molecule has 2 fully saturated rings. The molecule has 0 aliphatic carbocycles. The number of carbonyl (C=O) groups is 3. The average Bonchev–Trinajstić information content (AvgIpc) is 3.23. The first-order chi connectivity index (χ1) is 17.2. The van der Waals surface area contributed by atoms with E-state index in [0.29, 0.717) is 37.9 Å². The first kappa shape index (κ1) is 25.9. The number of ether oxygens (including phenoxy) is 1. The zero-order valence-electron chi connectivity index (χ0n) is 21.7. The normalized spacial score (nSPS) is 20.0. The van der Waals surface area contributed by atoms with Crippen LogP contribution in [0.1, 0.15) is 67.6 Å². The molecule has 2 aromatic rings. The van der Waals surface area contributed by atoms with Crippen LogP contribution in [0.15, 0.2) is 54.6 Å². The fourth-order valence-electron chi connectivity index (χ4n) is 5.23. The Morgan fingerprint density at radius 2 is 1.64 bits per heavy atom. The maximum absolute atomic E-state index is 14.0. The molecule has 3 amide bonds. The van der Waals surface area contributed by atoms with Crippen LogP contribution in [-0.4, -0.2) is 59.0 Å². The van der Waals surface area contributed by atoms with Crippen molar-refractivity contribution >= 4 is 17.7 Å². The molecule has 2 heterocycles. The van der Waals surface area contributed by atoms with Gasteiger partial charge in [0.15, 0.2) is 0 Å². The molecule has 2 aliphatic heterocycles. The minimum absolute atomic E-state index is 0.126. The molecular formula is C29H37N3O4. The monoisotopic (exact) mass is 491 g/mol. The van der Waals surface area contributed by atoms with E-state index in [1.807, 2.05) is 81.1 Å². The summed E-state index contributed by atoms with van der Waals surface area (Å²) in [5.41, 5.74) is 1.50. The summed E-state index contributed by atoms with van der Waals surface area (Å²) in [5, 5.41) is 3.08. The summed E-state index contributed by atoms with van der Waals surface area (Å²) in [6, 6.07) is 16.2. The Hall–Kier alpha value is -3.19. The lowest BCUT2D eigenvalue weighted by Gasteiger charge is -2.44. The van der Waals surface area contributed by atoms with E-state index in [0.717, 1.165) is 11.1 Å². The third-order valence-corrected chi connectivity index (χ3v) is 7.30. The van der Waals surface area contributed by atoms with Crippen LogP contribution in [0.2, 0.25) is 0 Å². The lowest BCUT2D eigenvalue weighted by molar-refractivity contribution is -0.144. The van der Waals surface area contributed by atoms with Crippen molar-refractivity contribution in [3.63, 3.8) is 0 Å². The number of likely N-dealkylation sites (tertiary alicyclic amines) is 1. The Bertz CT molecular complexity index is 1090. The van der Waals surface area contributed by atoms with E-state index in [9.17, 15) is 14.4 Å². The maximum atomic E-state index is 14.0. The number of piperidine rings is 1. The van der Waals surface area contributed by atoms with Crippen molar-refractivity contribution in [2.24, 2.45) is 5.92 Å². The van der Waals surface area contributed by atoms with Gasteiger partial charge >= 0.3 is 0 Å². The molecule has 0 saturated carbocycles. The van der Waals surface area contributed by atoms with Gasteiger partial charge in [0.2, 0.25) is 11.8 Å². The largest absolute Gasteiger partial charge is 0.353 e. The maximum Gasteiger partial charge on any atom is 0.257 e. The lowest BCUT2D eigenvalue weighted by atomic mass is 9.95. The van der Waals surface area contributed by atoms with E-state index in [4.69, 9.17) is 4.74 Å². The van der Waals surface area contributed by atoms with Gasteiger partial charge < -0.3 is 15.0 Å². The number of rotatable bonds is 6. The second kappa shape index (κ2) is 10.8. The summed E-state index contributed by atoms with van der Waals surface area (Å²) in [5.74, 6) is -0.0286. The quantitative estimate of drug-likeness (QED) is 0.661. The van der Waals surface area contributed by atoms with Crippen LogP contribution in [-0.2, 0) is 14.3 Å². The number of carbonyl (C=O) groups excluding carboxylic acids is 3. The van der Waals surface area contributed by atoms with Crippen molar-refractivity contribution < 1.29 is 19.1 Å². The van der Waals surface area contributed by atoms with Gasteiger partial charge in [-0.3, -0.25) is 19.3 Å². The topological polar surface area (TPSA) is 79.0 Å². The molecule has 4 rings (SSSR count). The number of hydrogen-bond donors (Lipinski definition) is 1. The van der Waals surface area contributed by atoms with Crippen LogP contribution in [0.25, 0.3) is 0 Å². The van der Waals surface area contributed by atoms with Crippen molar-refractivity contribution in [3.05, 3.63) is 71.3 Å². The highest BCUT2D eigenvalue weighted by molar-refractivity contribution is 5.99. The van der Waals surface area contributed by atoms with E-state index in [2.05, 4.69) is 5.32 Å². The molecule has 2 saturated heterocycles. The third-order valence-electron chi connectivity index (χ3n) is 7.30. The zero-order chi connectivity index (χ0) is 25.9. The third kappa shape index (κ3) is 5.31. The van der Waals surface area contributed by atoms with Gasteiger partial charge in [0.1, 0.15) is 11.8 Å². The molecule has 0 radical (unpaired) electrons. The molecule has 2 atom stereocenters. The molecular weight excluding hydrogens is 454 g/mol. The zero-order valence-corrected chi connectivity index (χ0v) is 21.7. The van der Waals surface area contributed by atoms with E-state index >= 15 is 0 Å². The predicted octanol–water partition coefficient (Wildman–Crippen LogP) is 4.08. The van der Waals surface area contributed by atoms with Gasteiger partial charge in [-0.1, -0.05) is 62.4 Å². The van der Waals surface area contributed by atoms with Crippen LogP contribution >= 0.6 is 0 Å². The second-order valence-electron chi connectivity index (χ2n) is 10.4. The summed E-state index contributed by atoms with van der Waals surface area (Å²) in [7, 11) is 0. The highest BCUT2D eigenvalue weighted by Gasteiger charge is 2.54. The van der Waals surface area contributed by atoms with Crippen LogP contribution < -0.4 is 5.32 Å². The average molecular weight is 492 g/mol. The summed E-state index contributed by atoms with van der Waals surface area (Å²) in [6.07, 6.45) is 1.46. The Morgan fingerprint density at radius 3 is 2.28 bits per heavy atom. The molecule has 0 aromatic heterocycles. The highest BCUT2D eigenvalue weighted by atomic mass is 16.5. The van der Waals surface area contributed by atoms with Gasteiger partial charge in [-0.2, -0.15) is 0 Å². The van der Waals surface area contributed by atoms with E-state index in [1.54, 1.807) is 11.0 Å². The number of hydrogen-bond acceptors (Lipinski definition) is 4. The molecule has 0 bridgehead atoms. The van der Waals surface area contributed by atoms with Crippen LogP contribution in [0, 0.1) is 12.8 Å². The SMILES string of the molecule is Cc1ccccc1C(=O)N1[C@H](C(=O)N[C@H](C)c2ccccc2)COC12CCN(C(=O)CC(C)C)CC2. The Morgan fingerprint density at radius 1 is 1.00 bits per heavy atom. The highest BCUT2D eigenvalue weighted by Crippen LogP contribution is 2.39. The molecule has 7 nitrogen and oxygen atoms in total. The van der Waals surface area contributed by atoms with Crippen molar-refractivity contribution in [3.8, 4) is 0 Å². The predicted molar refractivity (Wildman–Crippen MR) is 138 cm³/mol. The standard InChI is InChI=1S/C29H37N3O4/c1-20(2)18-26(33)31-16-14-29(15-17-31)32(28(35)24-13-9-8-10-21(24)3)25(19-36-29)27(34)30-22(4)23-11-6-5-7-12-23/h5-13,20,22,25H,14-19H2,1-4H3,(H,30,34)/t22-,25+/m1/s1. The van der Waals surface area contributed by atoms with Crippen molar-refractivity contribution in [1.82, 2.24) is 15.1 Å². The summed E-state index contributed by atoms with van der Waals surface area (Å²) in [6.45, 7) is 9.03. The molecule has 36 heavy (non-hydrogen) atoms. The molecule has 0 unspecified atom stereocenters. The van der Waals surface area contributed by atoms with Gasteiger partial charge in [-0.05, 0) is 37.0 Å². The van der Waals surface area contributed by atoms with Crippen LogP contribution in [0.4, 0.5) is 0 Å². The fraction of sp³-hybridized carbons (Fsp3) is 0.483. The summed E-state index contributed by atoms with van der Waals surface area (Å²) >= 11 is 0. The van der Waals surface area contributed by atoms with Crippen molar-refractivity contribution in [2.45, 2.75) is 64.8 Å².